The highest BCUT2D eigenvalue weighted by molar-refractivity contribution is 7.09. The van der Waals surface area contributed by atoms with E-state index in [1.807, 2.05) is 26.0 Å². The Balaban J connectivity index is 1.49. The van der Waals surface area contributed by atoms with Crippen molar-refractivity contribution < 1.29 is 9.47 Å². The van der Waals surface area contributed by atoms with Crippen molar-refractivity contribution in [1.29, 1.82) is 0 Å². The van der Waals surface area contributed by atoms with Crippen LogP contribution >= 0.6 is 11.3 Å². The summed E-state index contributed by atoms with van der Waals surface area (Å²) in [5.41, 5.74) is 1.93. The Bertz CT molecular complexity index is 690. The molecular weight excluding hydrogens is 324 g/mol. The van der Waals surface area contributed by atoms with Gasteiger partial charge in [0.1, 0.15) is 12.2 Å². The van der Waals surface area contributed by atoms with E-state index in [1.165, 1.54) is 0 Å². The number of hydrogen-bond donors (Lipinski definition) is 0. The molecule has 0 aliphatic carbocycles. The van der Waals surface area contributed by atoms with Gasteiger partial charge in [-0.2, -0.15) is 5.10 Å². The van der Waals surface area contributed by atoms with E-state index in [9.17, 15) is 0 Å². The van der Waals surface area contributed by atoms with Gasteiger partial charge in [-0.1, -0.05) is 0 Å². The minimum absolute atomic E-state index is 0.0420. The Morgan fingerprint density at radius 1 is 1.33 bits per heavy atom. The zero-order chi connectivity index (χ0) is 16.5. The van der Waals surface area contributed by atoms with Crippen molar-refractivity contribution in [2.45, 2.75) is 51.5 Å². The first-order valence-corrected chi connectivity index (χ1v) is 9.30. The van der Waals surface area contributed by atoms with Gasteiger partial charge in [0.25, 0.3) is 0 Å². The van der Waals surface area contributed by atoms with Crippen molar-refractivity contribution in [3.63, 3.8) is 0 Å². The lowest BCUT2D eigenvalue weighted by molar-refractivity contribution is -0.0788. The van der Waals surface area contributed by atoms with Crippen LogP contribution in [-0.2, 0) is 16.1 Å². The topological polar surface area (TPSA) is 60.4 Å². The summed E-state index contributed by atoms with van der Waals surface area (Å²) in [5, 5.41) is 11.7. The van der Waals surface area contributed by atoms with Crippen molar-refractivity contribution in [2.24, 2.45) is 0 Å². The van der Waals surface area contributed by atoms with E-state index >= 15 is 0 Å². The molecule has 0 unspecified atom stereocenters. The van der Waals surface area contributed by atoms with Crippen LogP contribution in [0.2, 0.25) is 0 Å². The molecule has 2 fully saturated rings. The van der Waals surface area contributed by atoms with E-state index in [1.54, 1.807) is 11.3 Å². The van der Waals surface area contributed by atoms with Crippen LogP contribution in [0.5, 0.6) is 0 Å². The lowest BCUT2D eigenvalue weighted by Crippen LogP contribution is -2.42. The molecule has 4 rings (SSSR count). The van der Waals surface area contributed by atoms with Gasteiger partial charge >= 0.3 is 0 Å². The lowest BCUT2D eigenvalue weighted by atomic mass is 10.0. The van der Waals surface area contributed by atoms with Gasteiger partial charge in [0.2, 0.25) is 0 Å². The molecule has 6 nitrogen and oxygen atoms in total. The number of aromatic nitrogens is 3. The second kappa shape index (κ2) is 6.74. The van der Waals surface area contributed by atoms with Crippen LogP contribution in [-0.4, -0.2) is 46.6 Å². The number of thiazole rings is 1. The SMILES string of the molecule is Cc1ccc(N2C[C@@H](OCc3csc(C)n3)[C@@H]3OCCC[C@@H]32)nn1. The van der Waals surface area contributed by atoms with Crippen molar-refractivity contribution >= 4 is 17.2 Å². The highest BCUT2D eigenvalue weighted by atomic mass is 32.1. The molecule has 3 atom stereocenters. The average Bonchev–Trinajstić information content (AvgIpc) is 3.18. The quantitative estimate of drug-likeness (QED) is 0.848. The molecule has 7 heteroatoms. The zero-order valence-electron chi connectivity index (χ0n) is 14.0. The molecule has 128 valence electrons. The first kappa shape index (κ1) is 15.9. The summed E-state index contributed by atoms with van der Waals surface area (Å²) in [7, 11) is 0. The normalized spacial score (nSPS) is 26.6. The van der Waals surface area contributed by atoms with E-state index in [0.717, 1.165) is 48.2 Å². The van der Waals surface area contributed by atoms with Gasteiger partial charge in [-0.05, 0) is 38.8 Å². The summed E-state index contributed by atoms with van der Waals surface area (Å²) in [6.07, 6.45) is 2.33. The van der Waals surface area contributed by atoms with Crippen molar-refractivity contribution in [3.05, 3.63) is 33.9 Å². The first-order valence-electron chi connectivity index (χ1n) is 8.42. The highest BCUT2D eigenvalue weighted by Gasteiger charge is 2.45. The van der Waals surface area contributed by atoms with Crippen LogP contribution in [0.1, 0.15) is 29.2 Å². The summed E-state index contributed by atoms with van der Waals surface area (Å²) in [6.45, 7) is 6.10. The van der Waals surface area contributed by atoms with Gasteiger partial charge in [-0.3, -0.25) is 0 Å². The maximum absolute atomic E-state index is 6.18. The molecule has 4 heterocycles. The van der Waals surface area contributed by atoms with Gasteiger partial charge in [0.05, 0.1) is 29.0 Å². The lowest BCUT2D eigenvalue weighted by Gasteiger charge is -2.32. The minimum atomic E-state index is 0.0420. The highest BCUT2D eigenvalue weighted by Crippen LogP contribution is 2.33. The van der Waals surface area contributed by atoms with Crippen LogP contribution in [0.25, 0.3) is 0 Å². The molecule has 0 amide bonds. The van der Waals surface area contributed by atoms with Gasteiger partial charge in [0, 0.05) is 18.5 Å². The Labute approximate surface area is 145 Å². The molecular formula is C17H22N4O2S. The number of fused-ring (bicyclic) bond motifs is 1. The number of anilines is 1. The number of ether oxygens (including phenoxy) is 2. The summed E-state index contributed by atoms with van der Waals surface area (Å²) in [4.78, 5) is 6.78. The molecule has 2 aromatic heterocycles. The molecule has 0 N–H and O–H groups in total. The summed E-state index contributed by atoms with van der Waals surface area (Å²) < 4.78 is 12.2. The summed E-state index contributed by atoms with van der Waals surface area (Å²) in [5.74, 6) is 0.914. The largest absolute Gasteiger partial charge is 0.373 e. The first-order chi connectivity index (χ1) is 11.7. The van der Waals surface area contributed by atoms with Crippen molar-refractivity contribution in [2.75, 3.05) is 18.1 Å². The number of aryl methyl sites for hydroxylation is 2. The van der Waals surface area contributed by atoms with Crippen LogP contribution < -0.4 is 4.90 Å². The molecule has 0 saturated carbocycles. The van der Waals surface area contributed by atoms with Crippen LogP contribution in [0.4, 0.5) is 5.82 Å². The third-order valence-electron chi connectivity index (χ3n) is 4.67. The summed E-state index contributed by atoms with van der Waals surface area (Å²) in [6, 6.07) is 4.37. The number of rotatable bonds is 4. The number of hydrogen-bond acceptors (Lipinski definition) is 7. The van der Waals surface area contributed by atoms with Gasteiger partial charge < -0.3 is 14.4 Å². The van der Waals surface area contributed by atoms with E-state index in [-0.39, 0.29) is 12.2 Å². The molecule has 24 heavy (non-hydrogen) atoms. The molecule has 0 spiro atoms. The minimum Gasteiger partial charge on any atom is -0.373 e. The molecule has 2 aliphatic heterocycles. The fraction of sp³-hybridized carbons (Fsp3) is 0.588. The van der Waals surface area contributed by atoms with Gasteiger partial charge in [0.15, 0.2) is 5.82 Å². The van der Waals surface area contributed by atoms with Crippen molar-refractivity contribution in [3.8, 4) is 0 Å². The second-order valence-corrected chi connectivity index (χ2v) is 7.50. The molecule has 2 aromatic rings. The standard InChI is InChI=1S/C17H22N4O2S/c1-11-5-6-16(20-19-11)21-8-15(17-14(21)4-3-7-22-17)23-9-13-10-24-12(2)18-13/h5-6,10,14-15,17H,3-4,7-9H2,1-2H3/t14-,15+,17+/m0/s1. The second-order valence-electron chi connectivity index (χ2n) is 6.44. The monoisotopic (exact) mass is 346 g/mol. The van der Waals surface area contributed by atoms with E-state index in [4.69, 9.17) is 9.47 Å². The molecule has 0 bridgehead atoms. The fourth-order valence-corrected chi connectivity index (χ4v) is 4.13. The summed E-state index contributed by atoms with van der Waals surface area (Å²) >= 11 is 1.66. The van der Waals surface area contributed by atoms with E-state index in [2.05, 4.69) is 25.5 Å². The van der Waals surface area contributed by atoms with Gasteiger partial charge in [-0.25, -0.2) is 4.98 Å². The molecule has 0 aromatic carbocycles. The molecule has 2 aliphatic rings. The third-order valence-corrected chi connectivity index (χ3v) is 5.49. The zero-order valence-corrected chi connectivity index (χ0v) is 14.8. The fourth-order valence-electron chi connectivity index (χ4n) is 3.53. The van der Waals surface area contributed by atoms with Crippen LogP contribution in [0.15, 0.2) is 17.5 Å². The molecule has 2 saturated heterocycles. The average molecular weight is 346 g/mol. The van der Waals surface area contributed by atoms with E-state index < -0.39 is 0 Å². The Morgan fingerprint density at radius 2 is 2.25 bits per heavy atom. The predicted octanol–water partition coefficient (Wildman–Crippen LogP) is 2.50. The smallest absolute Gasteiger partial charge is 0.151 e. The maximum Gasteiger partial charge on any atom is 0.151 e. The van der Waals surface area contributed by atoms with Crippen LogP contribution in [0, 0.1) is 13.8 Å². The van der Waals surface area contributed by atoms with E-state index in [0.29, 0.717) is 12.6 Å². The van der Waals surface area contributed by atoms with Gasteiger partial charge in [-0.15, -0.1) is 16.4 Å². The Morgan fingerprint density at radius 3 is 3.00 bits per heavy atom. The third kappa shape index (κ3) is 3.16. The van der Waals surface area contributed by atoms with Crippen LogP contribution in [0.3, 0.4) is 0 Å². The maximum atomic E-state index is 6.18. The Hall–Kier alpha value is -1.57. The van der Waals surface area contributed by atoms with Crippen molar-refractivity contribution in [1.82, 2.24) is 15.2 Å². The Kier molecular flexibility index (Phi) is 4.47. The number of nitrogens with zero attached hydrogens (tertiary/aromatic N) is 4. The predicted molar refractivity (Wildman–Crippen MR) is 92.3 cm³/mol. The molecule has 0 radical (unpaired) electrons.